The third kappa shape index (κ3) is 5.07. The van der Waals surface area contributed by atoms with Crippen LogP contribution in [0.15, 0.2) is 0 Å². The summed E-state index contributed by atoms with van der Waals surface area (Å²) in [4.78, 5) is 12.1. The fraction of sp³-hybridized carbons (Fsp3) is 0.929. The molecule has 1 aliphatic rings. The second kappa shape index (κ2) is 7.70. The molecule has 1 fully saturated rings. The summed E-state index contributed by atoms with van der Waals surface area (Å²) in [5, 5.41) is 12.6. The van der Waals surface area contributed by atoms with Crippen LogP contribution in [0.1, 0.15) is 65.2 Å². The summed E-state index contributed by atoms with van der Waals surface area (Å²) in [7, 11) is 0. The number of rotatable bonds is 6. The topological polar surface area (TPSA) is 49.3 Å². The minimum Gasteiger partial charge on any atom is -0.393 e. The highest BCUT2D eigenvalue weighted by molar-refractivity contribution is 5.78. The molecular weight excluding hydrogens is 214 g/mol. The lowest BCUT2D eigenvalue weighted by Gasteiger charge is -2.27. The normalized spacial score (nSPS) is 26.5. The maximum Gasteiger partial charge on any atom is 0.223 e. The summed E-state index contributed by atoms with van der Waals surface area (Å²) in [5.41, 5.74) is 0. The van der Waals surface area contributed by atoms with E-state index in [-0.39, 0.29) is 17.9 Å². The molecular formula is C14H27NO2. The zero-order valence-corrected chi connectivity index (χ0v) is 11.2. The molecule has 0 saturated heterocycles. The summed E-state index contributed by atoms with van der Waals surface area (Å²) in [6.07, 6.45) is 7.59. The van der Waals surface area contributed by atoms with Crippen molar-refractivity contribution < 1.29 is 9.90 Å². The van der Waals surface area contributed by atoms with Crippen molar-refractivity contribution >= 4 is 5.91 Å². The molecule has 0 radical (unpaired) electrons. The van der Waals surface area contributed by atoms with E-state index >= 15 is 0 Å². The molecule has 1 saturated carbocycles. The number of carbonyl (C=O) groups is 1. The summed E-state index contributed by atoms with van der Waals surface area (Å²) in [6, 6.07) is 0.293. The lowest BCUT2D eigenvalue weighted by Crippen LogP contribution is -2.41. The lowest BCUT2D eigenvalue weighted by molar-refractivity contribution is -0.126. The molecule has 0 heterocycles. The van der Waals surface area contributed by atoms with E-state index < -0.39 is 0 Å². The maximum atomic E-state index is 12.1. The Morgan fingerprint density at radius 1 is 1.29 bits per heavy atom. The van der Waals surface area contributed by atoms with Gasteiger partial charge in [0.2, 0.25) is 5.91 Å². The van der Waals surface area contributed by atoms with E-state index in [9.17, 15) is 9.90 Å². The van der Waals surface area contributed by atoms with Crippen LogP contribution >= 0.6 is 0 Å². The van der Waals surface area contributed by atoms with Gasteiger partial charge in [-0.1, -0.05) is 26.7 Å². The van der Waals surface area contributed by atoms with Crippen LogP contribution in [0.3, 0.4) is 0 Å². The van der Waals surface area contributed by atoms with Gasteiger partial charge in [0.15, 0.2) is 0 Å². The summed E-state index contributed by atoms with van der Waals surface area (Å²) < 4.78 is 0. The van der Waals surface area contributed by atoms with Crippen LogP contribution in [-0.4, -0.2) is 23.2 Å². The Bertz CT molecular complexity index is 222. The molecule has 0 aromatic rings. The van der Waals surface area contributed by atoms with Crippen molar-refractivity contribution in [3.63, 3.8) is 0 Å². The predicted molar refractivity (Wildman–Crippen MR) is 69.7 cm³/mol. The van der Waals surface area contributed by atoms with Crippen molar-refractivity contribution in [2.45, 2.75) is 77.4 Å². The molecule has 3 heteroatoms. The fourth-order valence-corrected chi connectivity index (χ4v) is 2.51. The zero-order chi connectivity index (χ0) is 12.7. The number of carbonyl (C=O) groups excluding carboxylic acids is 1. The molecule has 17 heavy (non-hydrogen) atoms. The monoisotopic (exact) mass is 241 g/mol. The van der Waals surface area contributed by atoms with Gasteiger partial charge in [0, 0.05) is 12.0 Å². The average molecular weight is 241 g/mol. The van der Waals surface area contributed by atoms with Crippen molar-refractivity contribution in [2.75, 3.05) is 0 Å². The van der Waals surface area contributed by atoms with Crippen molar-refractivity contribution in [1.82, 2.24) is 5.32 Å². The molecule has 0 bridgehead atoms. The molecule has 1 aliphatic carbocycles. The van der Waals surface area contributed by atoms with Gasteiger partial charge >= 0.3 is 0 Å². The van der Waals surface area contributed by atoms with Gasteiger partial charge < -0.3 is 10.4 Å². The van der Waals surface area contributed by atoms with Gasteiger partial charge in [-0.05, 0) is 38.5 Å². The van der Waals surface area contributed by atoms with Crippen LogP contribution in [-0.2, 0) is 4.79 Å². The van der Waals surface area contributed by atoms with Gasteiger partial charge in [0.25, 0.3) is 0 Å². The number of hydrogen-bond acceptors (Lipinski definition) is 2. The first-order valence-corrected chi connectivity index (χ1v) is 7.15. The SMILES string of the molecule is CCCCC(CC)C(=O)NC1CCC(O)CC1. The molecule has 3 nitrogen and oxygen atoms in total. The number of hydrogen-bond donors (Lipinski definition) is 2. The third-order valence-electron chi connectivity index (χ3n) is 3.81. The van der Waals surface area contributed by atoms with E-state index in [0.717, 1.165) is 51.4 Å². The molecule has 1 rings (SSSR count). The second-order valence-corrected chi connectivity index (χ2v) is 5.26. The number of amides is 1. The molecule has 0 aromatic heterocycles. The van der Waals surface area contributed by atoms with Crippen molar-refractivity contribution in [3.05, 3.63) is 0 Å². The largest absolute Gasteiger partial charge is 0.393 e. The Labute approximate surface area is 105 Å². The average Bonchev–Trinajstić information content (AvgIpc) is 2.33. The van der Waals surface area contributed by atoms with E-state index in [1.54, 1.807) is 0 Å². The zero-order valence-electron chi connectivity index (χ0n) is 11.2. The lowest BCUT2D eigenvalue weighted by atomic mass is 9.91. The van der Waals surface area contributed by atoms with Crippen LogP contribution in [0.5, 0.6) is 0 Å². The van der Waals surface area contributed by atoms with E-state index in [1.165, 1.54) is 0 Å². The first-order chi connectivity index (χ1) is 8.17. The highest BCUT2D eigenvalue weighted by Crippen LogP contribution is 2.20. The Morgan fingerprint density at radius 2 is 1.94 bits per heavy atom. The van der Waals surface area contributed by atoms with E-state index in [4.69, 9.17) is 0 Å². The molecule has 1 atom stereocenters. The minimum absolute atomic E-state index is 0.148. The van der Waals surface area contributed by atoms with Crippen molar-refractivity contribution in [1.29, 1.82) is 0 Å². The quantitative estimate of drug-likeness (QED) is 0.751. The van der Waals surface area contributed by atoms with Crippen LogP contribution in [0, 0.1) is 5.92 Å². The van der Waals surface area contributed by atoms with Gasteiger partial charge in [-0.2, -0.15) is 0 Å². The highest BCUT2D eigenvalue weighted by atomic mass is 16.3. The Kier molecular flexibility index (Phi) is 6.56. The smallest absolute Gasteiger partial charge is 0.223 e. The maximum absolute atomic E-state index is 12.1. The second-order valence-electron chi connectivity index (χ2n) is 5.26. The molecule has 1 unspecified atom stereocenters. The fourth-order valence-electron chi connectivity index (χ4n) is 2.51. The number of aliphatic hydroxyl groups is 1. The van der Waals surface area contributed by atoms with Crippen LogP contribution in [0.4, 0.5) is 0 Å². The summed E-state index contributed by atoms with van der Waals surface area (Å²) in [6.45, 7) is 4.25. The van der Waals surface area contributed by atoms with Gasteiger partial charge in [0.05, 0.1) is 6.10 Å². The Hall–Kier alpha value is -0.570. The van der Waals surface area contributed by atoms with Crippen molar-refractivity contribution in [2.24, 2.45) is 5.92 Å². The Morgan fingerprint density at radius 3 is 2.47 bits per heavy atom. The van der Waals surface area contributed by atoms with Crippen molar-refractivity contribution in [3.8, 4) is 0 Å². The van der Waals surface area contributed by atoms with Gasteiger partial charge in [0.1, 0.15) is 0 Å². The molecule has 0 aromatic carbocycles. The van der Waals surface area contributed by atoms with Crippen LogP contribution in [0.25, 0.3) is 0 Å². The standard InChI is InChI=1S/C14H27NO2/c1-3-5-6-11(4-2)14(17)15-12-7-9-13(16)10-8-12/h11-13,16H,3-10H2,1-2H3,(H,15,17). The minimum atomic E-state index is -0.148. The number of unbranched alkanes of at least 4 members (excludes halogenated alkanes) is 1. The van der Waals surface area contributed by atoms with Gasteiger partial charge in [-0.3, -0.25) is 4.79 Å². The Balaban J connectivity index is 2.31. The van der Waals surface area contributed by atoms with Crippen LogP contribution in [0.2, 0.25) is 0 Å². The molecule has 2 N–H and O–H groups in total. The van der Waals surface area contributed by atoms with E-state index in [0.29, 0.717) is 6.04 Å². The molecule has 0 aliphatic heterocycles. The summed E-state index contributed by atoms with van der Waals surface area (Å²) >= 11 is 0. The van der Waals surface area contributed by atoms with Gasteiger partial charge in [-0.15, -0.1) is 0 Å². The molecule has 0 spiro atoms. The molecule has 1 amide bonds. The van der Waals surface area contributed by atoms with E-state index in [1.807, 2.05) is 0 Å². The predicted octanol–water partition coefficient (Wildman–Crippen LogP) is 2.62. The van der Waals surface area contributed by atoms with Gasteiger partial charge in [-0.25, -0.2) is 0 Å². The van der Waals surface area contributed by atoms with Crippen LogP contribution < -0.4 is 5.32 Å². The first kappa shape index (κ1) is 14.5. The number of nitrogens with one attached hydrogen (secondary N) is 1. The highest BCUT2D eigenvalue weighted by Gasteiger charge is 2.23. The summed E-state index contributed by atoms with van der Waals surface area (Å²) in [5.74, 6) is 0.407. The molecule has 100 valence electrons. The number of aliphatic hydroxyl groups excluding tert-OH is 1. The first-order valence-electron chi connectivity index (χ1n) is 7.15. The van der Waals surface area contributed by atoms with E-state index in [2.05, 4.69) is 19.2 Å². The third-order valence-corrected chi connectivity index (χ3v) is 3.81.